The first-order valence-electron chi connectivity index (χ1n) is 4.28. The first-order chi connectivity index (χ1) is 7.13. The Morgan fingerprint density at radius 2 is 2.33 bits per heavy atom. The van der Waals surface area contributed by atoms with Gasteiger partial charge >= 0.3 is 0 Å². The Balaban J connectivity index is 2.57. The fourth-order valence-electron chi connectivity index (χ4n) is 1.64. The molecule has 0 bridgehead atoms. The molecule has 1 heterocycles. The molecule has 1 aromatic rings. The predicted molar refractivity (Wildman–Crippen MR) is 54.5 cm³/mol. The topological polar surface area (TPSA) is 86.4 Å². The number of primary amides is 1. The van der Waals surface area contributed by atoms with Gasteiger partial charge in [-0.15, -0.1) is 0 Å². The van der Waals surface area contributed by atoms with Crippen LogP contribution in [0.15, 0.2) is 18.0 Å². The van der Waals surface area contributed by atoms with Crippen LogP contribution in [0.3, 0.4) is 0 Å². The number of pyridine rings is 1. The summed E-state index contributed by atoms with van der Waals surface area (Å²) in [4.78, 5) is 18.4. The molecule has 0 saturated carbocycles. The molecule has 74 valence electrons. The summed E-state index contributed by atoms with van der Waals surface area (Å²) in [5.74, 6) is -0.575. The third kappa shape index (κ3) is 1.32. The number of allylic oxidation sites excluding steroid dienone is 1. The van der Waals surface area contributed by atoms with Crippen LogP contribution in [0.4, 0.5) is 5.69 Å². The maximum Gasteiger partial charge on any atom is 0.252 e. The summed E-state index contributed by atoms with van der Waals surface area (Å²) in [6.07, 6.45) is 1.84. The smallest absolute Gasteiger partial charge is 0.252 e. The number of carbonyl (C=O) groups excluding carboxylic acids is 1. The van der Waals surface area contributed by atoms with E-state index in [4.69, 9.17) is 18.0 Å². The van der Waals surface area contributed by atoms with E-state index in [2.05, 4.69) is 9.83 Å². The van der Waals surface area contributed by atoms with Gasteiger partial charge < -0.3 is 11.5 Å². The van der Waals surface area contributed by atoms with E-state index in [0.29, 0.717) is 23.5 Å². The molecule has 15 heavy (non-hydrogen) atoms. The lowest BCUT2D eigenvalue weighted by molar-refractivity contribution is -0.112. The molecule has 0 aromatic carbocycles. The summed E-state index contributed by atoms with van der Waals surface area (Å²) in [5.41, 5.74) is 13.3. The second kappa shape index (κ2) is 3.10. The highest BCUT2D eigenvalue weighted by Crippen LogP contribution is 2.30. The molecular formula is C10H8N4O. The number of carbonyl (C=O) groups is 1. The van der Waals surface area contributed by atoms with Gasteiger partial charge in [-0.1, -0.05) is 0 Å². The molecule has 0 saturated heterocycles. The minimum atomic E-state index is -0.575. The molecule has 0 aliphatic heterocycles. The van der Waals surface area contributed by atoms with Crippen LogP contribution in [0.2, 0.25) is 0 Å². The van der Waals surface area contributed by atoms with Crippen molar-refractivity contribution in [3.63, 3.8) is 0 Å². The highest BCUT2D eigenvalue weighted by molar-refractivity contribution is 6.20. The van der Waals surface area contributed by atoms with Crippen LogP contribution in [-0.4, -0.2) is 10.9 Å². The molecule has 0 spiro atoms. The van der Waals surface area contributed by atoms with Gasteiger partial charge in [-0.25, -0.2) is 4.85 Å². The minimum absolute atomic E-state index is 0.279. The summed E-state index contributed by atoms with van der Waals surface area (Å²) in [6, 6.07) is 1.68. The van der Waals surface area contributed by atoms with E-state index in [-0.39, 0.29) is 5.57 Å². The van der Waals surface area contributed by atoms with Crippen molar-refractivity contribution in [2.45, 2.75) is 6.42 Å². The molecule has 1 aliphatic carbocycles. The maximum absolute atomic E-state index is 11.1. The van der Waals surface area contributed by atoms with Gasteiger partial charge in [0.1, 0.15) is 0 Å². The zero-order valence-electron chi connectivity index (χ0n) is 7.82. The largest absolute Gasteiger partial charge is 0.401 e. The van der Waals surface area contributed by atoms with Crippen molar-refractivity contribution < 1.29 is 4.79 Å². The monoisotopic (exact) mass is 200 g/mol. The zero-order chi connectivity index (χ0) is 11.0. The number of nitrogens with two attached hydrogens (primary N) is 2. The Labute approximate surface area is 86.2 Å². The lowest BCUT2D eigenvalue weighted by Crippen LogP contribution is -2.15. The van der Waals surface area contributed by atoms with Crippen molar-refractivity contribution in [1.29, 1.82) is 0 Å². The minimum Gasteiger partial charge on any atom is -0.401 e. The predicted octanol–water partition coefficient (Wildman–Crippen LogP) is 0.344. The van der Waals surface area contributed by atoms with Gasteiger partial charge in [0.15, 0.2) is 0 Å². The summed E-state index contributed by atoms with van der Waals surface area (Å²) in [7, 11) is 0. The standard InChI is InChI=1S/C10H8N4O/c1-13-6-2-5-3-7(11)8(10(12)15)9(5)14-4-6/h2,4H,3,11H2,(H2,12,15). The van der Waals surface area contributed by atoms with Crippen molar-refractivity contribution in [3.8, 4) is 0 Å². The summed E-state index contributed by atoms with van der Waals surface area (Å²) in [6.45, 7) is 6.84. The summed E-state index contributed by atoms with van der Waals surface area (Å²) >= 11 is 0. The van der Waals surface area contributed by atoms with Gasteiger partial charge in [-0.2, -0.15) is 0 Å². The molecular weight excluding hydrogens is 192 g/mol. The van der Waals surface area contributed by atoms with E-state index in [9.17, 15) is 4.79 Å². The van der Waals surface area contributed by atoms with E-state index in [1.165, 1.54) is 6.20 Å². The van der Waals surface area contributed by atoms with Crippen molar-refractivity contribution in [1.82, 2.24) is 4.98 Å². The van der Waals surface area contributed by atoms with Gasteiger partial charge in [-0.05, 0) is 11.6 Å². The second-order valence-electron chi connectivity index (χ2n) is 3.25. The fourth-order valence-corrected chi connectivity index (χ4v) is 1.64. The zero-order valence-corrected chi connectivity index (χ0v) is 7.82. The SMILES string of the molecule is [C-]#[N+]c1cnc2c(c1)CC(N)=C2C(N)=O. The van der Waals surface area contributed by atoms with Gasteiger partial charge in [0.2, 0.25) is 5.69 Å². The summed E-state index contributed by atoms with van der Waals surface area (Å²) < 4.78 is 0. The lowest BCUT2D eigenvalue weighted by atomic mass is 10.1. The van der Waals surface area contributed by atoms with Gasteiger partial charge in [0, 0.05) is 18.3 Å². The van der Waals surface area contributed by atoms with Crippen LogP contribution in [0.25, 0.3) is 10.4 Å². The first-order valence-corrected chi connectivity index (χ1v) is 4.28. The first kappa shape index (κ1) is 9.21. The number of nitrogens with zero attached hydrogens (tertiary/aromatic N) is 2. The number of amides is 1. The second-order valence-corrected chi connectivity index (χ2v) is 3.25. The van der Waals surface area contributed by atoms with Gasteiger partial charge in [0.05, 0.1) is 17.8 Å². The van der Waals surface area contributed by atoms with Crippen LogP contribution in [0.1, 0.15) is 11.3 Å². The van der Waals surface area contributed by atoms with Crippen molar-refractivity contribution in [3.05, 3.63) is 40.6 Å². The van der Waals surface area contributed by atoms with Gasteiger partial charge in [0.25, 0.3) is 5.91 Å². The van der Waals surface area contributed by atoms with Crippen LogP contribution in [-0.2, 0) is 11.2 Å². The molecule has 2 rings (SSSR count). The molecule has 0 unspecified atom stereocenters. The Bertz CT molecular complexity index is 525. The number of aromatic nitrogens is 1. The number of fused-ring (bicyclic) bond motifs is 1. The van der Waals surface area contributed by atoms with Crippen LogP contribution >= 0.6 is 0 Å². The number of rotatable bonds is 1. The third-order valence-electron chi connectivity index (χ3n) is 2.27. The quantitative estimate of drug-likeness (QED) is 0.641. The van der Waals surface area contributed by atoms with Crippen molar-refractivity contribution in [2.75, 3.05) is 0 Å². The average Bonchev–Trinajstić information content (AvgIpc) is 2.52. The Morgan fingerprint density at radius 1 is 1.60 bits per heavy atom. The number of hydrogen-bond donors (Lipinski definition) is 2. The van der Waals surface area contributed by atoms with Crippen LogP contribution < -0.4 is 11.5 Å². The van der Waals surface area contributed by atoms with E-state index in [1.807, 2.05) is 0 Å². The van der Waals surface area contributed by atoms with Crippen molar-refractivity contribution in [2.24, 2.45) is 11.5 Å². The van der Waals surface area contributed by atoms with Crippen LogP contribution in [0.5, 0.6) is 0 Å². The van der Waals surface area contributed by atoms with Crippen molar-refractivity contribution >= 4 is 17.2 Å². The Kier molecular flexibility index (Phi) is 1.90. The van der Waals surface area contributed by atoms with Crippen LogP contribution in [0, 0.1) is 6.57 Å². The van der Waals surface area contributed by atoms with E-state index in [1.54, 1.807) is 6.07 Å². The third-order valence-corrected chi connectivity index (χ3v) is 2.27. The molecule has 0 radical (unpaired) electrons. The lowest BCUT2D eigenvalue weighted by Gasteiger charge is -2.00. The molecule has 5 nitrogen and oxygen atoms in total. The summed E-state index contributed by atoms with van der Waals surface area (Å²) in [5, 5.41) is 0. The van der Waals surface area contributed by atoms with E-state index >= 15 is 0 Å². The molecule has 1 aromatic heterocycles. The molecule has 1 amide bonds. The van der Waals surface area contributed by atoms with Gasteiger partial charge in [-0.3, -0.25) is 9.78 Å². The normalized spacial score (nSPS) is 13.5. The fraction of sp³-hybridized carbons (Fsp3) is 0.100. The van der Waals surface area contributed by atoms with E-state index in [0.717, 1.165) is 5.56 Å². The molecule has 0 fully saturated rings. The molecule has 4 N–H and O–H groups in total. The highest BCUT2D eigenvalue weighted by Gasteiger charge is 2.24. The highest BCUT2D eigenvalue weighted by atomic mass is 16.1. The maximum atomic E-state index is 11.1. The number of hydrogen-bond acceptors (Lipinski definition) is 3. The molecule has 5 heteroatoms. The molecule has 1 aliphatic rings. The Hall–Kier alpha value is -2.35. The molecule has 0 atom stereocenters. The average molecular weight is 200 g/mol. The van der Waals surface area contributed by atoms with E-state index < -0.39 is 5.91 Å². The Morgan fingerprint density at radius 3 is 2.93 bits per heavy atom.